The number of aliphatic hydroxyl groups is 1. The zero-order chi connectivity index (χ0) is 22.4. The van der Waals surface area contributed by atoms with Gasteiger partial charge in [0.1, 0.15) is 12.1 Å². The van der Waals surface area contributed by atoms with E-state index in [0.717, 1.165) is 16.5 Å². The van der Waals surface area contributed by atoms with Crippen molar-refractivity contribution in [2.45, 2.75) is 57.8 Å². The molecule has 30 heavy (non-hydrogen) atoms. The van der Waals surface area contributed by atoms with Crippen LogP contribution in [0.4, 0.5) is 0 Å². The van der Waals surface area contributed by atoms with E-state index in [1.807, 2.05) is 31.2 Å². The molecule has 0 saturated heterocycles. The van der Waals surface area contributed by atoms with E-state index in [1.165, 1.54) is 6.92 Å². The van der Waals surface area contributed by atoms with Gasteiger partial charge < -0.3 is 31.6 Å². The molecule has 0 spiro atoms. The maximum atomic E-state index is 12.6. The van der Waals surface area contributed by atoms with Crippen molar-refractivity contribution in [1.29, 1.82) is 0 Å². The molecule has 0 aliphatic rings. The van der Waals surface area contributed by atoms with Gasteiger partial charge in [-0.3, -0.25) is 9.59 Å². The number of hydrogen-bond donors (Lipinski definition) is 6. The first kappa shape index (κ1) is 23.4. The van der Waals surface area contributed by atoms with Crippen LogP contribution >= 0.6 is 0 Å². The van der Waals surface area contributed by atoms with Gasteiger partial charge in [-0.25, -0.2) is 4.79 Å². The molecule has 0 saturated carbocycles. The van der Waals surface area contributed by atoms with Crippen LogP contribution in [0.1, 0.15) is 32.8 Å². The number of nitrogens with two attached hydrogens (primary N) is 1. The van der Waals surface area contributed by atoms with Crippen LogP contribution in [0.5, 0.6) is 0 Å². The highest BCUT2D eigenvalue weighted by Crippen LogP contribution is 2.18. The number of hydrogen-bond acceptors (Lipinski definition) is 5. The highest BCUT2D eigenvalue weighted by atomic mass is 16.4. The van der Waals surface area contributed by atoms with Gasteiger partial charge in [-0.1, -0.05) is 38.5 Å². The SMILES string of the molecule is CC[C@H](C)[C@H](NC(=O)[C@@H](NC(=O)[C@@H](N)Cc1c[nH]c2ccccc12)[C@@H](C)O)C(=O)O. The molecule has 0 fully saturated rings. The van der Waals surface area contributed by atoms with Crippen molar-refractivity contribution < 1.29 is 24.6 Å². The van der Waals surface area contributed by atoms with E-state index in [2.05, 4.69) is 15.6 Å². The molecule has 1 aromatic carbocycles. The predicted molar refractivity (Wildman–Crippen MR) is 113 cm³/mol. The summed E-state index contributed by atoms with van der Waals surface area (Å²) in [4.78, 5) is 39.7. The lowest BCUT2D eigenvalue weighted by molar-refractivity contribution is -0.144. The van der Waals surface area contributed by atoms with E-state index < -0.39 is 42.0 Å². The number of H-pyrrole nitrogens is 1. The summed E-state index contributed by atoms with van der Waals surface area (Å²) >= 11 is 0. The Hall–Kier alpha value is -2.91. The summed E-state index contributed by atoms with van der Waals surface area (Å²) in [6.07, 6.45) is 1.31. The van der Waals surface area contributed by atoms with Crippen molar-refractivity contribution in [1.82, 2.24) is 15.6 Å². The van der Waals surface area contributed by atoms with Crippen LogP contribution in [0.25, 0.3) is 10.9 Å². The van der Waals surface area contributed by atoms with Crippen molar-refractivity contribution in [3.05, 3.63) is 36.0 Å². The number of nitrogens with one attached hydrogen (secondary N) is 3. The minimum atomic E-state index is -1.32. The number of carbonyl (C=O) groups excluding carboxylic acids is 2. The smallest absolute Gasteiger partial charge is 0.326 e. The number of para-hydroxylation sites is 1. The van der Waals surface area contributed by atoms with E-state index in [0.29, 0.717) is 6.42 Å². The fraction of sp³-hybridized carbons (Fsp3) is 0.476. The number of amides is 2. The molecule has 2 rings (SSSR count). The predicted octanol–water partition coefficient (Wildman–Crippen LogP) is 0.519. The Morgan fingerprint density at radius 1 is 1.10 bits per heavy atom. The highest BCUT2D eigenvalue weighted by Gasteiger charge is 2.32. The second-order valence-electron chi connectivity index (χ2n) is 7.61. The molecule has 0 bridgehead atoms. The summed E-state index contributed by atoms with van der Waals surface area (Å²) in [6.45, 7) is 4.85. The van der Waals surface area contributed by atoms with Crippen molar-refractivity contribution in [3.8, 4) is 0 Å². The molecule has 5 atom stereocenters. The molecule has 2 amide bonds. The van der Waals surface area contributed by atoms with Crippen LogP contribution in [-0.4, -0.2) is 57.2 Å². The summed E-state index contributed by atoms with van der Waals surface area (Å²) in [5, 5.41) is 25.1. The molecular weight excluding hydrogens is 388 g/mol. The minimum Gasteiger partial charge on any atom is -0.480 e. The third-order valence-electron chi connectivity index (χ3n) is 5.29. The van der Waals surface area contributed by atoms with E-state index in [9.17, 15) is 24.6 Å². The van der Waals surface area contributed by atoms with Crippen LogP contribution in [0.2, 0.25) is 0 Å². The van der Waals surface area contributed by atoms with Gasteiger partial charge in [-0.05, 0) is 30.9 Å². The maximum Gasteiger partial charge on any atom is 0.326 e. The summed E-state index contributed by atoms with van der Waals surface area (Å²) in [5.41, 5.74) is 7.81. The van der Waals surface area contributed by atoms with Crippen LogP contribution in [0.3, 0.4) is 0 Å². The third kappa shape index (κ3) is 5.58. The Balaban J connectivity index is 2.06. The summed E-state index contributed by atoms with van der Waals surface area (Å²) in [7, 11) is 0. The number of carbonyl (C=O) groups is 3. The summed E-state index contributed by atoms with van der Waals surface area (Å²) in [6, 6.07) is 4.20. The number of carboxylic acids is 1. The van der Waals surface area contributed by atoms with Crippen LogP contribution in [-0.2, 0) is 20.8 Å². The van der Waals surface area contributed by atoms with Gasteiger partial charge in [0.25, 0.3) is 0 Å². The van der Waals surface area contributed by atoms with Crippen LogP contribution < -0.4 is 16.4 Å². The molecular formula is C21H30N4O5. The Labute approximate surface area is 175 Å². The monoisotopic (exact) mass is 418 g/mol. The zero-order valence-corrected chi connectivity index (χ0v) is 17.4. The second-order valence-corrected chi connectivity index (χ2v) is 7.61. The standard InChI is InChI=1S/C21H30N4O5/c1-4-11(2)17(21(29)30)24-20(28)18(12(3)26)25-19(27)15(22)9-13-10-23-16-8-6-5-7-14(13)16/h5-8,10-12,15,17-18,23,26H,4,9,22H2,1-3H3,(H,24,28)(H,25,27)(H,29,30)/t11-,12+,15-,17-,18-/m0/s1. The molecule has 0 unspecified atom stereocenters. The number of aromatic nitrogens is 1. The van der Waals surface area contributed by atoms with Crippen molar-refractivity contribution >= 4 is 28.7 Å². The normalized spacial score (nSPS) is 16.3. The lowest BCUT2D eigenvalue weighted by atomic mass is 9.98. The molecule has 0 radical (unpaired) electrons. The maximum absolute atomic E-state index is 12.6. The average Bonchev–Trinajstić information content (AvgIpc) is 3.11. The van der Waals surface area contributed by atoms with Crippen molar-refractivity contribution in [2.75, 3.05) is 0 Å². The Bertz CT molecular complexity index is 894. The Morgan fingerprint density at radius 2 is 1.73 bits per heavy atom. The fourth-order valence-corrected chi connectivity index (χ4v) is 3.22. The van der Waals surface area contributed by atoms with Crippen LogP contribution in [0, 0.1) is 5.92 Å². The third-order valence-corrected chi connectivity index (χ3v) is 5.29. The summed E-state index contributed by atoms with van der Waals surface area (Å²) < 4.78 is 0. The molecule has 9 heteroatoms. The van der Waals surface area contributed by atoms with Gasteiger partial charge in [0, 0.05) is 17.1 Å². The largest absolute Gasteiger partial charge is 0.480 e. The number of aliphatic carboxylic acids is 1. The zero-order valence-electron chi connectivity index (χ0n) is 17.4. The molecule has 1 aromatic heterocycles. The quantitative estimate of drug-likeness (QED) is 0.330. The molecule has 9 nitrogen and oxygen atoms in total. The molecule has 0 aliphatic carbocycles. The van der Waals surface area contributed by atoms with Gasteiger partial charge >= 0.3 is 5.97 Å². The van der Waals surface area contributed by atoms with Gasteiger partial charge in [-0.2, -0.15) is 0 Å². The molecule has 2 aromatic rings. The lowest BCUT2D eigenvalue weighted by Crippen LogP contribution is -2.59. The van der Waals surface area contributed by atoms with E-state index >= 15 is 0 Å². The van der Waals surface area contributed by atoms with Gasteiger partial charge in [0.15, 0.2) is 0 Å². The van der Waals surface area contributed by atoms with Gasteiger partial charge in [-0.15, -0.1) is 0 Å². The first-order valence-electron chi connectivity index (χ1n) is 9.97. The number of carboxylic acid groups (broad SMARTS) is 1. The fourth-order valence-electron chi connectivity index (χ4n) is 3.22. The molecule has 7 N–H and O–H groups in total. The van der Waals surface area contributed by atoms with Gasteiger partial charge in [0.05, 0.1) is 12.1 Å². The van der Waals surface area contributed by atoms with Crippen molar-refractivity contribution in [2.24, 2.45) is 11.7 Å². The Morgan fingerprint density at radius 3 is 2.33 bits per heavy atom. The number of aliphatic hydroxyl groups excluding tert-OH is 1. The number of fused-ring (bicyclic) bond motifs is 1. The van der Waals surface area contributed by atoms with Crippen molar-refractivity contribution in [3.63, 3.8) is 0 Å². The minimum absolute atomic E-state index is 0.231. The number of aromatic amines is 1. The van der Waals surface area contributed by atoms with E-state index in [4.69, 9.17) is 5.73 Å². The van der Waals surface area contributed by atoms with Gasteiger partial charge in [0.2, 0.25) is 11.8 Å². The molecule has 1 heterocycles. The number of benzene rings is 1. The summed E-state index contributed by atoms with van der Waals surface area (Å²) in [5.74, 6) is -2.88. The first-order valence-corrected chi connectivity index (χ1v) is 9.97. The Kier molecular flexibility index (Phi) is 7.96. The molecule has 164 valence electrons. The average molecular weight is 418 g/mol. The molecule has 0 aliphatic heterocycles. The first-order chi connectivity index (χ1) is 14.1. The van der Waals surface area contributed by atoms with Crippen LogP contribution in [0.15, 0.2) is 30.5 Å². The topological polar surface area (TPSA) is 158 Å². The second kappa shape index (κ2) is 10.2. The number of rotatable bonds is 10. The highest BCUT2D eigenvalue weighted by molar-refractivity contribution is 5.92. The van der Waals surface area contributed by atoms with E-state index in [1.54, 1.807) is 13.1 Å². The van der Waals surface area contributed by atoms with E-state index in [-0.39, 0.29) is 12.3 Å². The lowest BCUT2D eigenvalue weighted by Gasteiger charge is -2.26.